The lowest BCUT2D eigenvalue weighted by atomic mass is 9.98. The highest BCUT2D eigenvalue weighted by molar-refractivity contribution is 5.58. The number of hydrogen-bond acceptors (Lipinski definition) is 3. The minimum atomic E-state index is -4.41. The highest BCUT2D eigenvalue weighted by Gasteiger charge is 2.33. The van der Waals surface area contributed by atoms with Gasteiger partial charge in [0.1, 0.15) is 0 Å². The molecular formula is C14H20F3N3. The number of benzene rings is 1. The van der Waals surface area contributed by atoms with Crippen LogP contribution in [0.15, 0.2) is 18.2 Å². The summed E-state index contributed by atoms with van der Waals surface area (Å²) in [6, 6.07) is 4.64. The molecule has 6 heteroatoms. The summed E-state index contributed by atoms with van der Waals surface area (Å²) in [5, 5.41) is 3.19. The number of nitrogen functional groups attached to an aromatic ring is 1. The Morgan fingerprint density at radius 2 is 2.05 bits per heavy atom. The van der Waals surface area contributed by atoms with Crippen LogP contribution in [0.2, 0.25) is 0 Å². The number of nitrogens with one attached hydrogen (secondary N) is 1. The number of piperidine rings is 1. The molecule has 1 aliphatic heterocycles. The van der Waals surface area contributed by atoms with Crippen molar-refractivity contribution in [2.45, 2.75) is 38.0 Å². The number of rotatable bonds is 2. The van der Waals surface area contributed by atoms with Crippen molar-refractivity contribution in [2.75, 3.05) is 24.6 Å². The Balaban J connectivity index is 2.11. The summed E-state index contributed by atoms with van der Waals surface area (Å²) in [4.78, 5) is 2.25. The van der Waals surface area contributed by atoms with Gasteiger partial charge in [-0.25, -0.2) is 0 Å². The third kappa shape index (κ3) is 3.36. The number of nitrogens with two attached hydrogens (primary N) is 1. The number of alkyl halides is 3. The Labute approximate surface area is 116 Å². The third-order valence-electron chi connectivity index (χ3n) is 3.94. The highest BCUT2D eigenvalue weighted by Crippen LogP contribution is 2.35. The first-order chi connectivity index (χ1) is 9.27. The molecule has 20 heavy (non-hydrogen) atoms. The van der Waals surface area contributed by atoms with E-state index in [2.05, 4.69) is 24.2 Å². The quantitative estimate of drug-likeness (QED) is 0.821. The first-order valence-corrected chi connectivity index (χ1v) is 6.71. The maximum atomic E-state index is 12.8. The fourth-order valence-corrected chi connectivity index (χ4v) is 2.55. The second-order valence-corrected chi connectivity index (χ2v) is 5.50. The van der Waals surface area contributed by atoms with Gasteiger partial charge < -0.3 is 16.0 Å². The molecule has 2 rings (SSSR count). The molecule has 1 fully saturated rings. The number of nitrogens with zero attached hydrogens (tertiary/aromatic N) is 1. The summed E-state index contributed by atoms with van der Waals surface area (Å²) in [7, 11) is 2.06. The highest BCUT2D eigenvalue weighted by atomic mass is 19.4. The first kappa shape index (κ1) is 15.0. The monoisotopic (exact) mass is 287 g/mol. The molecule has 2 unspecified atom stereocenters. The molecule has 0 bridgehead atoms. The molecule has 1 aliphatic rings. The lowest BCUT2D eigenvalue weighted by molar-refractivity contribution is -0.136. The van der Waals surface area contributed by atoms with Crippen LogP contribution in [-0.2, 0) is 6.18 Å². The molecule has 0 aromatic heterocycles. The molecule has 1 aromatic carbocycles. The van der Waals surface area contributed by atoms with Gasteiger partial charge in [-0.3, -0.25) is 0 Å². The van der Waals surface area contributed by atoms with E-state index in [1.54, 1.807) is 6.07 Å². The van der Waals surface area contributed by atoms with E-state index >= 15 is 0 Å². The van der Waals surface area contributed by atoms with E-state index < -0.39 is 11.7 Å². The molecule has 3 N–H and O–H groups in total. The molecule has 1 heterocycles. The molecule has 1 aromatic rings. The summed E-state index contributed by atoms with van der Waals surface area (Å²) in [6.07, 6.45) is -2.57. The van der Waals surface area contributed by atoms with E-state index in [1.807, 2.05) is 0 Å². The van der Waals surface area contributed by atoms with Crippen LogP contribution in [0.25, 0.3) is 0 Å². The average Bonchev–Trinajstić information content (AvgIpc) is 2.35. The van der Waals surface area contributed by atoms with Crippen molar-refractivity contribution in [1.82, 2.24) is 4.90 Å². The van der Waals surface area contributed by atoms with Crippen LogP contribution in [0, 0.1) is 0 Å². The molecule has 0 saturated carbocycles. The van der Waals surface area contributed by atoms with Crippen molar-refractivity contribution in [2.24, 2.45) is 0 Å². The minimum absolute atomic E-state index is 0.200. The Morgan fingerprint density at radius 3 is 2.65 bits per heavy atom. The molecule has 0 radical (unpaired) electrons. The smallest absolute Gasteiger partial charge is 0.398 e. The van der Waals surface area contributed by atoms with Crippen LogP contribution in [0.4, 0.5) is 24.5 Å². The van der Waals surface area contributed by atoms with Crippen molar-refractivity contribution >= 4 is 11.4 Å². The lowest BCUT2D eigenvalue weighted by Gasteiger charge is -2.35. The van der Waals surface area contributed by atoms with Gasteiger partial charge in [-0.15, -0.1) is 0 Å². The van der Waals surface area contributed by atoms with Gasteiger partial charge in [-0.2, -0.15) is 13.2 Å². The van der Waals surface area contributed by atoms with Gasteiger partial charge in [0, 0.05) is 30.0 Å². The van der Waals surface area contributed by atoms with E-state index in [4.69, 9.17) is 5.73 Å². The lowest BCUT2D eigenvalue weighted by Crippen LogP contribution is -2.42. The van der Waals surface area contributed by atoms with E-state index in [1.165, 1.54) is 6.07 Å². The summed E-state index contributed by atoms with van der Waals surface area (Å²) in [5.41, 5.74) is 4.86. The van der Waals surface area contributed by atoms with Gasteiger partial charge in [0.2, 0.25) is 0 Å². The van der Waals surface area contributed by atoms with Crippen molar-refractivity contribution in [3.05, 3.63) is 23.8 Å². The van der Waals surface area contributed by atoms with Crippen LogP contribution < -0.4 is 11.1 Å². The molecule has 3 nitrogen and oxygen atoms in total. The van der Waals surface area contributed by atoms with E-state index in [-0.39, 0.29) is 11.7 Å². The average molecular weight is 287 g/mol. The molecule has 112 valence electrons. The van der Waals surface area contributed by atoms with Gasteiger partial charge in [0.15, 0.2) is 0 Å². The number of likely N-dealkylation sites (tertiary alicyclic amines) is 1. The number of hydrogen-bond donors (Lipinski definition) is 2. The van der Waals surface area contributed by atoms with Crippen LogP contribution in [0.3, 0.4) is 0 Å². The van der Waals surface area contributed by atoms with Gasteiger partial charge in [0.25, 0.3) is 0 Å². The summed E-state index contributed by atoms with van der Waals surface area (Å²) in [5.74, 6) is 0. The maximum Gasteiger partial charge on any atom is 0.418 e. The SMILES string of the molecule is CC1CC(Nc2ccc(N)c(C(F)(F)F)c2)CCN1C. The zero-order valence-electron chi connectivity index (χ0n) is 11.7. The third-order valence-corrected chi connectivity index (χ3v) is 3.94. The predicted octanol–water partition coefficient (Wildman–Crippen LogP) is 3.18. The summed E-state index contributed by atoms with van der Waals surface area (Å²) < 4.78 is 38.4. The Hall–Kier alpha value is -1.43. The molecule has 0 amide bonds. The Morgan fingerprint density at radius 1 is 1.35 bits per heavy atom. The van der Waals surface area contributed by atoms with Crippen LogP contribution in [-0.4, -0.2) is 30.6 Å². The molecule has 0 aliphatic carbocycles. The zero-order valence-corrected chi connectivity index (χ0v) is 11.7. The molecule has 2 atom stereocenters. The second-order valence-electron chi connectivity index (χ2n) is 5.50. The normalized spacial score (nSPS) is 24.6. The van der Waals surface area contributed by atoms with Crippen LogP contribution >= 0.6 is 0 Å². The topological polar surface area (TPSA) is 41.3 Å². The molecule has 0 spiro atoms. The maximum absolute atomic E-state index is 12.8. The van der Waals surface area contributed by atoms with E-state index in [0.717, 1.165) is 25.5 Å². The first-order valence-electron chi connectivity index (χ1n) is 6.71. The van der Waals surface area contributed by atoms with Crippen LogP contribution in [0.5, 0.6) is 0 Å². The predicted molar refractivity (Wildman–Crippen MR) is 74.6 cm³/mol. The van der Waals surface area contributed by atoms with Gasteiger partial charge >= 0.3 is 6.18 Å². The second kappa shape index (κ2) is 5.52. The zero-order chi connectivity index (χ0) is 14.9. The summed E-state index contributed by atoms with van der Waals surface area (Å²) in [6.45, 7) is 3.07. The Kier molecular flexibility index (Phi) is 4.13. The minimum Gasteiger partial charge on any atom is -0.398 e. The van der Waals surface area contributed by atoms with Gasteiger partial charge in [-0.05, 0) is 45.0 Å². The number of halogens is 3. The van der Waals surface area contributed by atoms with Crippen molar-refractivity contribution in [3.8, 4) is 0 Å². The fourth-order valence-electron chi connectivity index (χ4n) is 2.55. The largest absolute Gasteiger partial charge is 0.418 e. The molecule has 1 saturated heterocycles. The van der Waals surface area contributed by atoms with E-state index in [0.29, 0.717) is 11.7 Å². The van der Waals surface area contributed by atoms with Crippen molar-refractivity contribution in [3.63, 3.8) is 0 Å². The molecular weight excluding hydrogens is 267 g/mol. The van der Waals surface area contributed by atoms with E-state index in [9.17, 15) is 13.2 Å². The van der Waals surface area contributed by atoms with Crippen molar-refractivity contribution < 1.29 is 13.2 Å². The Bertz CT molecular complexity index is 473. The van der Waals surface area contributed by atoms with Gasteiger partial charge in [-0.1, -0.05) is 0 Å². The van der Waals surface area contributed by atoms with Gasteiger partial charge in [0.05, 0.1) is 5.56 Å². The summed E-state index contributed by atoms with van der Waals surface area (Å²) >= 11 is 0. The van der Waals surface area contributed by atoms with Crippen molar-refractivity contribution in [1.29, 1.82) is 0 Å². The fraction of sp³-hybridized carbons (Fsp3) is 0.571. The number of anilines is 2. The standard InChI is InChI=1S/C14H20F3N3/c1-9-7-11(5-6-20(9)2)19-10-3-4-13(18)12(8-10)14(15,16)17/h3-4,8-9,11,19H,5-7,18H2,1-2H3. The van der Waals surface area contributed by atoms with Crippen LogP contribution in [0.1, 0.15) is 25.3 Å².